The van der Waals surface area contributed by atoms with E-state index in [-0.39, 0.29) is 0 Å². The van der Waals surface area contributed by atoms with Gasteiger partial charge in [0.05, 0.1) is 6.54 Å². The Kier molecular flexibility index (Phi) is 4.79. The van der Waals surface area contributed by atoms with Crippen LogP contribution in [0.5, 0.6) is 5.75 Å². The average molecular weight is 292 g/mol. The fraction of sp³-hybridized carbons (Fsp3) is 0.333. The Hall–Kier alpha value is -1.81. The van der Waals surface area contributed by atoms with Gasteiger partial charge in [-0.2, -0.15) is 0 Å². The van der Waals surface area contributed by atoms with E-state index in [9.17, 15) is 0 Å². The summed E-state index contributed by atoms with van der Waals surface area (Å²) in [6.45, 7) is 5.21. The molecule has 0 amide bonds. The van der Waals surface area contributed by atoms with Crippen molar-refractivity contribution in [1.82, 2.24) is 9.97 Å². The summed E-state index contributed by atoms with van der Waals surface area (Å²) in [6.07, 6.45) is 0. The van der Waals surface area contributed by atoms with Crippen molar-refractivity contribution in [2.45, 2.75) is 13.8 Å². The predicted octanol–water partition coefficient (Wildman–Crippen LogP) is 3.26. The van der Waals surface area contributed by atoms with Crippen LogP contribution in [0, 0.1) is 13.8 Å². The molecule has 0 bridgehead atoms. The van der Waals surface area contributed by atoms with Gasteiger partial charge in [0.25, 0.3) is 0 Å². The molecule has 1 aromatic carbocycles. The molecule has 1 heterocycles. The second kappa shape index (κ2) is 6.57. The topological polar surface area (TPSA) is 38.2 Å². The van der Waals surface area contributed by atoms with Crippen LogP contribution in [-0.2, 0) is 0 Å². The fourth-order valence-corrected chi connectivity index (χ4v) is 1.94. The molecule has 106 valence electrons. The van der Waals surface area contributed by atoms with Crippen molar-refractivity contribution in [2.24, 2.45) is 0 Å². The van der Waals surface area contributed by atoms with Crippen molar-refractivity contribution in [3.8, 4) is 5.75 Å². The van der Waals surface area contributed by atoms with Gasteiger partial charge in [0.1, 0.15) is 12.4 Å². The summed E-state index contributed by atoms with van der Waals surface area (Å²) in [5.41, 5.74) is 1.94. The summed E-state index contributed by atoms with van der Waals surface area (Å²) in [4.78, 5) is 10.8. The lowest BCUT2D eigenvalue weighted by atomic mass is 10.3. The van der Waals surface area contributed by atoms with E-state index in [1.54, 1.807) is 0 Å². The second-order valence-electron chi connectivity index (χ2n) is 4.67. The monoisotopic (exact) mass is 291 g/mol. The minimum atomic E-state index is 0.564. The molecule has 0 fully saturated rings. The number of rotatable bonds is 5. The van der Waals surface area contributed by atoms with Crippen LogP contribution in [0.25, 0.3) is 0 Å². The van der Waals surface area contributed by atoms with Crippen LogP contribution in [0.15, 0.2) is 30.3 Å². The fourth-order valence-electron chi connectivity index (χ4n) is 1.81. The van der Waals surface area contributed by atoms with Crippen LogP contribution in [0.4, 0.5) is 5.95 Å². The van der Waals surface area contributed by atoms with Crippen LogP contribution < -0.4 is 9.64 Å². The number of likely N-dealkylation sites (N-methyl/N-ethyl adjacent to an activating group) is 1. The summed E-state index contributed by atoms with van der Waals surface area (Å²) in [5, 5.41) is 0.707. The first-order chi connectivity index (χ1) is 9.54. The zero-order valence-corrected chi connectivity index (χ0v) is 12.7. The van der Waals surface area contributed by atoms with Crippen molar-refractivity contribution < 1.29 is 4.74 Å². The highest BCUT2D eigenvalue weighted by Crippen LogP contribution is 2.15. The second-order valence-corrected chi connectivity index (χ2v) is 5.11. The van der Waals surface area contributed by atoms with E-state index >= 15 is 0 Å². The van der Waals surface area contributed by atoms with Crippen molar-refractivity contribution >= 4 is 17.5 Å². The molecule has 0 aliphatic rings. The molecule has 0 spiro atoms. The first-order valence-electron chi connectivity index (χ1n) is 6.46. The van der Waals surface area contributed by atoms with E-state index in [0.29, 0.717) is 18.2 Å². The molecule has 2 rings (SSSR count). The molecular weight excluding hydrogens is 274 g/mol. The lowest BCUT2D eigenvalue weighted by molar-refractivity contribution is 0.325. The number of aromatic nitrogens is 2. The highest BCUT2D eigenvalue weighted by molar-refractivity contribution is 6.30. The van der Waals surface area contributed by atoms with Gasteiger partial charge in [-0.3, -0.25) is 0 Å². The Bertz CT molecular complexity index is 552. The highest BCUT2D eigenvalue weighted by atomic mass is 35.5. The molecule has 0 aliphatic carbocycles. The molecule has 0 atom stereocenters. The molecule has 1 aromatic heterocycles. The Morgan fingerprint density at radius 2 is 1.70 bits per heavy atom. The van der Waals surface area contributed by atoms with Gasteiger partial charge in [0.15, 0.2) is 0 Å². The molecule has 0 saturated carbocycles. The summed E-state index contributed by atoms with van der Waals surface area (Å²) in [7, 11) is 1.96. The van der Waals surface area contributed by atoms with Crippen LogP contribution in [-0.4, -0.2) is 30.2 Å². The molecule has 0 N–H and O–H groups in total. The van der Waals surface area contributed by atoms with E-state index in [0.717, 1.165) is 23.1 Å². The quantitative estimate of drug-likeness (QED) is 0.847. The number of benzene rings is 1. The Labute approximate surface area is 124 Å². The van der Waals surface area contributed by atoms with Crippen LogP contribution in [0.1, 0.15) is 11.4 Å². The van der Waals surface area contributed by atoms with Gasteiger partial charge in [-0.05, 0) is 44.2 Å². The third-order valence-electron chi connectivity index (χ3n) is 2.82. The summed E-state index contributed by atoms with van der Waals surface area (Å²) >= 11 is 5.83. The third kappa shape index (κ3) is 4.10. The lowest BCUT2D eigenvalue weighted by Gasteiger charge is -2.18. The summed E-state index contributed by atoms with van der Waals surface area (Å²) < 4.78 is 5.66. The van der Waals surface area contributed by atoms with Crippen molar-refractivity contribution in [2.75, 3.05) is 25.1 Å². The van der Waals surface area contributed by atoms with E-state index in [2.05, 4.69) is 9.97 Å². The van der Waals surface area contributed by atoms with Crippen LogP contribution in [0.2, 0.25) is 5.02 Å². The largest absolute Gasteiger partial charge is 0.492 e. The van der Waals surface area contributed by atoms with Gasteiger partial charge < -0.3 is 9.64 Å². The molecule has 0 unspecified atom stereocenters. The Balaban J connectivity index is 1.88. The van der Waals surface area contributed by atoms with Gasteiger partial charge in [0.2, 0.25) is 5.95 Å². The maximum absolute atomic E-state index is 5.83. The van der Waals surface area contributed by atoms with E-state index < -0.39 is 0 Å². The molecular formula is C15H18ClN3O. The number of aryl methyl sites for hydroxylation is 2. The molecule has 4 nitrogen and oxygen atoms in total. The smallest absolute Gasteiger partial charge is 0.225 e. The van der Waals surface area contributed by atoms with Gasteiger partial charge >= 0.3 is 0 Å². The van der Waals surface area contributed by atoms with Crippen LogP contribution in [0.3, 0.4) is 0 Å². The number of halogens is 1. The summed E-state index contributed by atoms with van der Waals surface area (Å²) in [6, 6.07) is 9.30. The molecule has 20 heavy (non-hydrogen) atoms. The molecule has 0 saturated heterocycles. The van der Waals surface area contributed by atoms with Crippen molar-refractivity contribution in [3.63, 3.8) is 0 Å². The molecule has 5 heteroatoms. The normalized spacial score (nSPS) is 10.4. The SMILES string of the molecule is Cc1cc(C)nc(N(C)CCOc2ccc(Cl)cc2)n1. The maximum atomic E-state index is 5.83. The first kappa shape index (κ1) is 14.6. The van der Waals surface area contributed by atoms with Crippen molar-refractivity contribution in [1.29, 1.82) is 0 Å². The first-order valence-corrected chi connectivity index (χ1v) is 6.84. The Morgan fingerprint density at radius 1 is 1.10 bits per heavy atom. The van der Waals surface area contributed by atoms with Crippen molar-refractivity contribution in [3.05, 3.63) is 46.7 Å². The van der Waals surface area contributed by atoms with Gasteiger partial charge in [-0.15, -0.1) is 0 Å². The van der Waals surface area contributed by atoms with Gasteiger partial charge in [-0.1, -0.05) is 11.6 Å². The zero-order chi connectivity index (χ0) is 14.5. The predicted molar refractivity (Wildman–Crippen MR) is 81.7 cm³/mol. The van der Waals surface area contributed by atoms with Crippen LogP contribution >= 0.6 is 11.6 Å². The number of anilines is 1. The summed E-state index contributed by atoms with van der Waals surface area (Å²) in [5.74, 6) is 1.53. The van der Waals surface area contributed by atoms with Gasteiger partial charge in [-0.25, -0.2) is 9.97 Å². The average Bonchev–Trinajstić information content (AvgIpc) is 2.40. The molecule has 0 aliphatic heterocycles. The standard InChI is InChI=1S/C15H18ClN3O/c1-11-10-12(2)18-15(17-11)19(3)8-9-20-14-6-4-13(16)5-7-14/h4-7,10H,8-9H2,1-3H3. The number of hydrogen-bond donors (Lipinski definition) is 0. The number of nitrogens with zero attached hydrogens (tertiary/aromatic N) is 3. The van der Waals surface area contributed by atoms with E-state index in [4.69, 9.17) is 16.3 Å². The zero-order valence-electron chi connectivity index (χ0n) is 11.9. The number of hydrogen-bond acceptors (Lipinski definition) is 4. The minimum Gasteiger partial charge on any atom is -0.492 e. The van der Waals surface area contributed by atoms with E-state index in [1.165, 1.54) is 0 Å². The molecule has 0 radical (unpaired) electrons. The van der Waals surface area contributed by atoms with E-state index in [1.807, 2.05) is 56.1 Å². The lowest BCUT2D eigenvalue weighted by Crippen LogP contribution is -2.26. The molecule has 2 aromatic rings. The Morgan fingerprint density at radius 3 is 2.30 bits per heavy atom. The van der Waals surface area contributed by atoms with Gasteiger partial charge in [0, 0.05) is 23.5 Å². The minimum absolute atomic E-state index is 0.564. The third-order valence-corrected chi connectivity index (χ3v) is 3.07. The maximum Gasteiger partial charge on any atom is 0.225 e. The highest BCUT2D eigenvalue weighted by Gasteiger charge is 2.06. The number of ether oxygens (including phenoxy) is 1.